The van der Waals surface area contributed by atoms with Gasteiger partial charge in [0.05, 0.1) is 0 Å². The highest BCUT2D eigenvalue weighted by Gasteiger charge is 2.47. The van der Waals surface area contributed by atoms with E-state index in [0.717, 1.165) is 70.7 Å². The van der Waals surface area contributed by atoms with Crippen molar-refractivity contribution in [2.75, 3.05) is 31.1 Å². The molecule has 0 unspecified atom stereocenters. The quantitative estimate of drug-likeness (QED) is 0.712. The van der Waals surface area contributed by atoms with Crippen molar-refractivity contribution in [2.45, 2.75) is 76.3 Å². The van der Waals surface area contributed by atoms with Crippen molar-refractivity contribution in [3.8, 4) is 0 Å². The van der Waals surface area contributed by atoms with Crippen molar-refractivity contribution in [3.05, 3.63) is 18.5 Å². The largest absolute Gasteiger partial charge is 0.338 e. The van der Waals surface area contributed by atoms with Crippen LogP contribution in [0.3, 0.4) is 0 Å². The van der Waals surface area contributed by atoms with E-state index < -0.39 is 0 Å². The van der Waals surface area contributed by atoms with E-state index in [9.17, 15) is 9.59 Å². The summed E-state index contributed by atoms with van der Waals surface area (Å²) in [6.45, 7) is 3.96. The van der Waals surface area contributed by atoms with Gasteiger partial charge in [-0.3, -0.25) is 19.4 Å². The molecule has 30 heavy (non-hydrogen) atoms. The second kappa shape index (κ2) is 8.25. The topological polar surface area (TPSA) is 69.6 Å². The standard InChI is InChI=1S/C23H33N5O2/c29-20-16-23(8-1-2-9-23)17-21(30)28(20)19-6-4-18(5-7-19)26-12-14-27(15-13-26)22-24-10-3-11-25-22/h3,10-11,18-19H,1-2,4-9,12-17H2. The average molecular weight is 412 g/mol. The fourth-order valence-corrected chi connectivity index (χ4v) is 6.32. The number of rotatable bonds is 3. The average Bonchev–Trinajstić information content (AvgIpc) is 3.21. The Morgan fingerprint density at radius 2 is 1.37 bits per heavy atom. The van der Waals surface area contributed by atoms with Crippen LogP contribution in [0.1, 0.15) is 64.2 Å². The van der Waals surface area contributed by atoms with Crippen molar-refractivity contribution in [1.82, 2.24) is 19.8 Å². The molecule has 0 radical (unpaired) electrons. The van der Waals surface area contributed by atoms with E-state index in [1.807, 2.05) is 6.07 Å². The van der Waals surface area contributed by atoms with Crippen LogP contribution in [0.15, 0.2) is 18.5 Å². The smallest absolute Gasteiger partial charge is 0.229 e. The minimum atomic E-state index is 0.00398. The van der Waals surface area contributed by atoms with Gasteiger partial charge in [-0.05, 0) is 50.0 Å². The van der Waals surface area contributed by atoms with Gasteiger partial charge in [-0.1, -0.05) is 12.8 Å². The number of piperazine rings is 1. The molecular weight excluding hydrogens is 378 g/mol. The van der Waals surface area contributed by atoms with E-state index in [4.69, 9.17) is 0 Å². The number of imide groups is 1. The van der Waals surface area contributed by atoms with E-state index in [2.05, 4.69) is 19.8 Å². The van der Waals surface area contributed by atoms with E-state index >= 15 is 0 Å². The van der Waals surface area contributed by atoms with Crippen molar-refractivity contribution >= 4 is 17.8 Å². The van der Waals surface area contributed by atoms with E-state index in [1.54, 1.807) is 17.3 Å². The van der Waals surface area contributed by atoms with E-state index in [0.29, 0.717) is 18.9 Å². The Bertz CT molecular complexity index is 743. The lowest BCUT2D eigenvalue weighted by atomic mass is 9.75. The molecule has 1 aromatic rings. The number of piperidine rings is 1. The van der Waals surface area contributed by atoms with Gasteiger partial charge in [-0.15, -0.1) is 0 Å². The molecule has 2 aliphatic heterocycles. The molecule has 1 aromatic heterocycles. The molecule has 4 aliphatic rings. The van der Waals surface area contributed by atoms with Crippen LogP contribution < -0.4 is 4.90 Å². The third-order valence-electron chi connectivity index (χ3n) is 7.95. The summed E-state index contributed by atoms with van der Waals surface area (Å²) in [5, 5.41) is 0. The summed E-state index contributed by atoms with van der Waals surface area (Å²) in [5.41, 5.74) is 0.00398. The molecule has 4 fully saturated rings. The zero-order chi connectivity index (χ0) is 20.6. The lowest BCUT2D eigenvalue weighted by Crippen LogP contribution is -2.55. The van der Waals surface area contributed by atoms with E-state index in [1.165, 1.54) is 12.8 Å². The van der Waals surface area contributed by atoms with Gasteiger partial charge < -0.3 is 4.90 Å². The predicted molar refractivity (Wildman–Crippen MR) is 114 cm³/mol. The van der Waals surface area contributed by atoms with Crippen LogP contribution in [-0.2, 0) is 9.59 Å². The number of hydrogen-bond donors (Lipinski definition) is 0. The Morgan fingerprint density at radius 1 is 0.800 bits per heavy atom. The molecule has 0 atom stereocenters. The molecule has 7 heteroatoms. The monoisotopic (exact) mass is 411 g/mol. The van der Waals surface area contributed by atoms with E-state index in [-0.39, 0.29) is 23.3 Å². The normalized spacial score (nSPS) is 30.3. The number of hydrogen-bond acceptors (Lipinski definition) is 6. The molecule has 0 N–H and O–H groups in total. The molecule has 0 bridgehead atoms. The maximum atomic E-state index is 12.9. The van der Waals surface area contributed by atoms with Crippen molar-refractivity contribution in [2.24, 2.45) is 5.41 Å². The zero-order valence-electron chi connectivity index (χ0n) is 17.8. The fraction of sp³-hybridized carbons (Fsp3) is 0.739. The highest BCUT2D eigenvalue weighted by molar-refractivity contribution is 5.99. The van der Waals surface area contributed by atoms with Gasteiger partial charge in [-0.25, -0.2) is 9.97 Å². The summed E-state index contributed by atoms with van der Waals surface area (Å²) < 4.78 is 0. The van der Waals surface area contributed by atoms with Crippen molar-refractivity contribution < 1.29 is 9.59 Å². The Balaban J connectivity index is 1.13. The van der Waals surface area contributed by atoms with Gasteiger partial charge in [0.2, 0.25) is 17.8 Å². The first-order valence-corrected chi connectivity index (χ1v) is 11.7. The number of amides is 2. The second-order valence-corrected chi connectivity index (χ2v) is 9.75. The molecule has 2 saturated heterocycles. The SMILES string of the molecule is O=C1CC2(CCCC2)CC(=O)N1C1CCC(N2CCN(c3ncccn3)CC2)CC1. The lowest BCUT2D eigenvalue weighted by molar-refractivity contribution is -0.157. The Kier molecular flexibility index (Phi) is 5.48. The summed E-state index contributed by atoms with van der Waals surface area (Å²) in [4.78, 5) is 41.0. The van der Waals surface area contributed by atoms with Gasteiger partial charge >= 0.3 is 0 Å². The van der Waals surface area contributed by atoms with Gasteiger partial charge in [-0.2, -0.15) is 0 Å². The highest BCUT2D eigenvalue weighted by atomic mass is 16.2. The van der Waals surface area contributed by atoms with Gasteiger partial charge in [0.1, 0.15) is 0 Å². The molecule has 162 valence electrons. The van der Waals surface area contributed by atoms with Crippen LogP contribution in [0.25, 0.3) is 0 Å². The molecule has 5 rings (SSSR count). The maximum absolute atomic E-state index is 12.9. The Hall–Kier alpha value is -2.02. The molecule has 2 aliphatic carbocycles. The number of carbonyl (C=O) groups excluding carboxylic acids is 2. The first-order valence-electron chi connectivity index (χ1n) is 11.7. The van der Waals surface area contributed by atoms with Crippen LogP contribution >= 0.6 is 0 Å². The number of carbonyl (C=O) groups is 2. The highest BCUT2D eigenvalue weighted by Crippen LogP contribution is 2.47. The summed E-state index contributed by atoms with van der Waals surface area (Å²) in [6.07, 6.45) is 13.3. The minimum Gasteiger partial charge on any atom is -0.338 e. The second-order valence-electron chi connectivity index (χ2n) is 9.75. The molecule has 2 saturated carbocycles. The number of aromatic nitrogens is 2. The summed E-state index contributed by atoms with van der Waals surface area (Å²) in [6, 6.07) is 2.54. The number of nitrogens with zero attached hydrogens (tertiary/aromatic N) is 5. The molecule has 3 heterocycles. The van der Waals surface area contributed by atoms with Crippen LogP contribution in [0.4, 0.5) is 5.95 Å². The molecule has 7 nitrogen and oxygen atoms in total. The third kappa shape index (κ3) is 3.84. The molecular formula is C23H33N5O2. The van der Waals surface area contributed by atoms with Crippen LogP contribution in [0, 0.1) is 5.41 Å². The number of likely N-dealkylation sites (tertiary alicyclic amines) is 1. The summed E-state index contributed by atoms with van der Waals surface area (Å²) >= 11 is 0. The minimum absolute atomic E-state index is 0.00398. The summed E-state index contributed by atoms with van der Waals surface area (Å²) in [5.74, 6) is 1.03. The molecule has 1 spiro atoms. The van der Waals surface area contributed by atoms with Crippen LogP contribution in [-0.4, -0.2) is 69.8 Å². The molecule has 0 aromatic carbocycles. The fourth-order valence-electron chi connectivity index (χ4n) is 6.32. The maximum Gasteiger partial charge on any atom is 0.229 e. The van der Waals surface area contributed by atoms with Gasteiger partial charge in [0.25, 0.3) is 0 Å². The zero-order valence-corrected chi connectivity index (χ0v) is 17.8. The Labute approximate surface area is 178 Å². The van der Waals surface area contributed by atoms with Crippen molar-refractivity contribution in [1.29, 1.82) is 0 Å². The van der Waals surface area contributed by atoms with Crippen LogP contribution in [0.2, 0.25) is 0 Å². The predicted octanol–water partition coefficient (Wildman–Crippen LogP) is 2.62. The van der Waals surface area contributed by atoms with Gasteiger partial charge in [0, 0.05) is 63.5 Å². The number of anilines is 1. The Morgan fingerprint density at radius 3 is 1.97 bits per heavy atom. The van der Waals surface area contributed by atoms with Crippen LogP contribution in [0.5, 0.6) is 0 Å². The summed E-state index contributed by atoms with van der Waals surface area (Å²) in [7, 11) is 0. The van der Waals surface area contributed by atoms with Gasteiger partial charge in [0.15, 0.2) is 0 Å². The third-order valence-corrected chi connectivity index (χ3v) is 7.95. The molecule has 2 amide bonds. The lowest BCUT2D eigenvalue weighted by Gasteiger charge is -2.45. The van der Waals surface area contributed by atoms with Crippen molar-refractivity contribution in [3.63, 3.8) is 0 Å². The first kappa shape index (κ1) is 19.9. The first-order chi connectivity index (χ1) is 14.6.